The van der Waals surface area contributed by atoms with Gasteiger partial charge in [-0.3, -0.25) is 9.59 Å². The number of carbonyl (C=O) groups is 3. The van der Waals surface area contributed by atoms with Crippen molar-refractivity contribution < 1.29 is 28.6 Å². The van der Waals surface area contributed by atoms with Crippen molar-refractivity contribution in [3.05, 3.63) is 23.8 Å². The molecule has 2 heterocycles. The number of hydrogen-bond acceptors (Lipinski definition) is 6. The Morgan fingerprint density at radius 1 is 1.04 bits per heavy atom. The Labute approximate surface area is 163 Å². The average molecular weight is 391 g/mol. The van der Waals surface area contributed by atoms with Gasteiger partial charge in [-0.25, -0.2) is 4.79 Å². The first-order chi connectivity index (χ1) is 13.2. The van der Waals surface area contributed by atoms with Crippen LogP contribution in [-0.2, 0) is 9.53 Å². The number of rotatable bonds is 3. The summed E-state index contributed by atoms with van der Waals surface area (Å²) < 4.78 is 15.8. The number of amides is 3. The van der Waals surface area contributed by atoms with E-state index in [4.69, 9.17) is 14.2 Å². The highest BCUT2D eigenvalue weighted by atomic mass is 16.7. The van der Waals surface area contributed by atoms with Gasteiger partial charge in [-0.05, 0) is 39.0 Å². The highest BCUT2D eigenvalue weighted by Gasteiger charge is 2.27. The number of carbonyl (C=O) groups excluding carboxylic acids is 3. The molecule has 0 spiro atoms. The Morgan fingerprint density at radius 2 is 1.68 bits per heavy atom. The maximum atomic E-state index is 12.4. The predicted octanol–water partition coefficient (Wildman–Crippen LogP) is 1.22. The molecule has 0 unspecified atom stereocenters. The van der Waals surface area contributed by atoms with Crippen LogP contribution in [0.5, 0.6) is 11.5 Å². The SMILES string of the molecule is CC(C)(C)OC(=O)N1CCN(C(=O)CNC(=O)c2ccc3c(c2)OCO3)CC1. The van der Waals surface area contributed by atoms with Crippen LogP contribution in [0.15, 0.2) is 18.2 Å². The third-order valence-electron chi connectivity index (χ3n) is 4.32. The lowest BCUT2D eigenvalue weighted by molar-refractivity contribution is -0.131. The Morgan fingerprint density at radius 3 is 2.36 bits per heavy atom. The molecule has 0 aromatic heterocycles. The molecule has 0 atom stereocenters. The van der Waals surface area contributed by atoms with Crippen molar-refractivity contribution in [1.82, 2.24) is 15.1 Å². The van der Waals surface area contributed by atoms with Gasteiger partial charge >= 0.3 is 6.09 Å². The minimum atomic E-state index is -0.553. The van der Waals surface area contributed by atoms with Crippen molar-refractivity contribution in [2.24, 2.45) is 0 Å². The van der Waals surface area contributed by atoms with E-state index in [9.17, 15) is 14.4 Å². The van der Waals surface area contributed by atoms with Crippen molar-refractivity contribution in [3.8, 4) is 11.5 Å². The highest BCUT2D eigenvalue weighted by Crippen LogP contribution is 2.32. The molecule has 1 fully saturated rings. The fourth-order valence-electron chi connectivity index (χ4n) is 2.87. The zero-order valence-corrected chi connectivity index (χ0v) is 16.3. The Balaban J connectivity index is 1.44. The monoisotopic (exact) mass is 391 g/mol. The van der Waals surface area contributed by atoms with Crippen molar-refractivity contribution >= 4 is 17.9 Å². The van der Waals surface area contributed by atoms with Crippen LogP contribution in [0.25, 0.3) is 0 Å². The van der Waals surface area contributed by atoms with Crippen molar-refractivity contribution in [2.75, 3.05) is 39.5 Å². The molecule has 9 heteroatoms. The lowest BCUT2D eigenvalue weighted by Gasteiger charge is -2.35. The lowest BCUT2D eigenvalue weighted by Crippen LogP contribution is -2.53. The number of hydrogen-bond donors (Lipinski definition) is 1. The summed E-state index contributed by atoms with van der Waals surface area (Å²) in [6.45, 7) is 7.06. The maximum Gasteiger partial charge on any atom is 0.410 e. The molecule has 9 nitrogen and oxygen atoms in total. The first kappa shape index (κ1) is 19.8. The summed E-state index contributed by atoms with van der Waals surface area (Å²) in [6.07, 6.45) is -0.379. The van der Waals surface area contributed by atoms with Crippen LogP contribution < -0.4 is 14.8 Å². The molecule has 1 aromatic carbocycles. The van der Waals surface area contributed by atoms with E-state index in [1.807, 2.05) is 20.8 Å². The maximum absolute atomic E-state index is 12.4. The second-order valence-electron chi connectivity index (χ2n) is 7.60. The fourth-order valence-corrected chi connectivity index (χ4v) is 2.87. The van der Waals surface area contributed by atoms with Crippen molar-refractivity contribution in [3.63, 3.8) is 0 Å². The number of ether oxygens (including phenoxy) is 3. The lowest BCUT2D eigenvalue weighted by atomic mass is 10.2. The van der Waals surface area contributed by atoms with E-state index in [2.05, 4.69) is 5.32 Å². The molecule has 152 valence electrons. The van der Waals surface area contributed by atoms with E-state index < -0.39 is 5.60 Å². The molecule has 2 aliphatic rings. The van der Waals surface area contributed by atoms with E-state index in [-0.39, 0.29) is 31.2 Å². The number of piperazine rings is 1. The van der Waals surface area contributed by atoms with Gasteiger partial charge in [0, 0.05) is 31.7 Å². The Hall–Kier alpha value is -2.97. The normalized spacial score (nSPS) is 16.0. The van der Waals surface area contributed by atoms with Crippen LogP contribution in [0.4, 0.5) is 4.79 Å². The third-order valence-corrected chi connectivity index (χ3v) is 4.32. The molecule has 1 N–H and O–H groups in total. The molecule has 1 saturated heterocycles. The summed E-state index contributed by atoms with van der Waals surface area (Å²) in [5, 5.41) is 2.62. The van der Waals surface area contributed by atoms with Gasteiger partial charge in [-0.2, -0.15) is 0 Å². The average Bonchev–Trinajstić information content (AvgIpc) is 3.12. The summed E-state index contributed by atoms with van der Waals surface area (Å²) >= 11 is 0. The Kier molecular flexibility index (Phi) is 5.62. The number of nitrogens with one attached hydrogen (secondary N) is 1. The zero-order valence-electron chi connectivity index (χ0n) is 16.3. The van der Waals surface area contributed by atoms with Crippen molar-refractivity contribution in [2.45, 2.75) is 26.4 Å². The molecule has 2 aliphatic heterocycles. The van der Waals surface area contributed by atoms with Gasteiger partial charge in [0.05, 0.1) is 6.54 Å². The Bertz CT molecular complexity index is 765. The van der Waals surface area contributed by atoms with Crippen LogP contribution in [0, 0.1) is 0 Å². The number of fused-ring (bicyclic) bond motifs is 1. The molecule has 0 radical (unpaired) electrons. The topological polar surface area (TPSA) is 97.4 Å². The minimum Gasteiger partial charge on any atom is -0.454 e. The second kappa shape index (κ2) is 7.95. The van der Waals surface area contributed by atoms with Crippen molar-refractivity contribution in [1.29, 1.82) is 0 Å². The van der Waals surface area contributed by atoms with Crippen LogP contribution in [0.1, 0.15) is 31.1 Å². The van der Waals surface area contributed by atoms with E-state index in [1.54, 1.807) is 28.0 Å². The molecule has 3 amide bonds. The predicted molar refractivity (Wildman–Crippen MR) is 99.3 cm³/mol. The van der Waals surface area contributed by atoms with Gasteiger partial charge < -0.3 is 29.3 Å². The van der Waals surface area contributed by atoms with Gasteiger partial charge in [0.2, 0.25) is 12.7 Å². The van der Waals surface area contributed by atoms with E-state index in [1.165, 1.54) is 0 Å². The summed E-state index contributed by atoms with van der Waals surface area (Å²) in [5.41, 5.74) is -0.157. The zero-order chi connectivity index (χ0) is 20.3. The second-order valence-corrected chi connectivity index (χ2v) is 7.60. The van der Waals surface area contributed by atoms with Gasteiger partial charge in [-0.1, -0.05) is 0 Å². The van der Waals surface area contributed by atoms with Crippen LogP contribution in [-0.4, -0.2) is 72.8 Å². The summed E-state index contributed by atoms with van der Waals surface area (Å²) in [6, 6.07) is 4.86. The summed E-state index contributed by atoms with van der Waals surface area (Å²) in [5.74, 6) is 0.546. The molecule has 3 rings (SSSR count). The van der Waals surface area contributed by atoms with Crippen LogP contribution in [0.3, 0.4) is 0 Å². The van der Waals surface area contributed by atoms with Crippen LogP contribution >= 0.6 is 0 Å². The number of nitrogens with zero attached hydrogens (tertiary/aromatic N) is 2. The molecule has 1 aromatic rings. The van der Waals surface area contributed by atoms with E-state index in [0.29, 0.717) is 43.2 Å². The third kappa shape index (κ3) is 4.85. The fraction of sp³-hybridized carbons (Fsp3) is 0.526. The van der Waals surface area contributed by atoms with Crippen LogP contribution in [0.2, 0.25) is 0 Å². The molecule has 0 aliphatic carbocycles. The van der Waals surface area contributed by atoms with Gasteiger partial charge in [-0.15, -0.1) is 0 Å². The first-order valence-corrected chi connectivity index (χ1v) is 9.16. The highest BCUT2D eigenvalue weighted by molar-refractivity contribution is 5.97. The molecular formula is C19H25N3O6. The summed E-state index contributed by atoms with van der Waals surface area (Å²) in [4.78, 5) is 39.9. The largest absolute Gasteiger partial charge is 0.454 e. The van der Waals surface area contributed by atoms with E-state index >= 15 is 0 Å². The number of benzene rings is 1. The quantitative estimate of drug-likeness (QED) is 0.832. The van der Waals surface area contributed by atoms with E-state index in [0.717, 1.165) is 0 Å². The van der Waals surface area contributed by atoms with Gasteiger partial charge in [0.15, 0.2) is 11.5 Å². The standard InChI is InChI=1S/C19H25N3O6/c1-19(2,3)28-18(25)22-8-6-21(7-9-22)16(23)11-20-17(24)13-4-5-14-15(10-13)27-12-26-14/h4-5,10H,6-9,11-12H2,1-3H3,(H,20,24). The van der Waals surface area contributed by atoms with Gasteiger partial charge in [0.1, 0.15) is 5.60 Å². The minimum absolute atomic E-state index is 0.111. The van der Waals surface area contributed by atoms with Gasteiger partial charge in [0.25, 0.3) is 5.91 Å². The molecule has 0 bridgehead atoms. The molecule has 0 saturated carbocycles. The smallest absolute Gasteiger partial charge is 0.410 e. The molecular weight excluding hydrogens is 366 g/mol. The summed E-state index contributed by atoms with van der Waals surface area (Å²) in [7, 11) is 0. The molecule has 28 heavy (non-hydrogen) atoms. The first-order valence-electron chi connectivity index (χ1n) is 9.16.